The molecule has 2 rings (SSSR count). The van der Waals surface area contributed by atoms with Crippen LogP contribution in [0.25, 0.3) is 6.08 Å². The van der Waals surface area contributed by atoms with E-state index in [0.29, 0.717) is 0 Å². The van der Waals surface area contributed by atoms with Crippen LogP contribution in [0.1, 0.15) is 21.7 Å². The second-order valence-electron chi connectivity index (χ2n) is 4.72. The zero-order valence-electron chi connectivity index (χ0n) is 12.9. The summed E-state index contributed by atoms with van der Waals surface area (Å²) in [5.41, 5.74) is 2.45. The molecule has 0 bridgehead atoms. The predicted molar refractivity (Wildman–Crippen MR) is 88.2 cm³/mol. The molecular weight excluding hydrogens is 332 g/mol. The summed E-state index contributed by atoms with van der Waals surface area (Å²) in [5.74, 6) is -0.732. The zero-order chi connectivity index (χ0) is 18.4. The summed E-state index contributed by atoms with van der Waals surface area (Å²) in [4.78, 5) is 32.1. The lowest BCUT2D eigenvalue weighted by atomic mass is 10.1. The van der Waals surface area contributed by atoms with Crippen LogP contribution in [0.2, 0.25) is 0 Å². The predicted octanol–water partition coefficient (Wildman–Crippen LogP) is 2.83. The number of nitrogens with one attached hydrogen (secondary N) is 1. The minimum absolute atomic E-state index is 0.136. The summed E-state index contributed by atoms with van der Waals surface area (Å²) < 4.78 is 4.89. The van der Waals surface area contributed by atoms with Crippen LogP contribution < -0.4 is 5.43 Å². The minimum atomic E-state index is -0.660. The van der Waals surface area contributed by atoms with E-state index in [9.17, 15) is 25.0 Å². The Labute approximate surface area is 140 Å². The van der Waals surface area contributed by atoms with E-state index in [1.54, 1.807) is 0 Å². The van der Waals surface area contributed by atoms with E-state index < -0.39 is 15.8 Å². The van der Waals surface area contributed by atoms with E-state index in [-0.39, 0.29) is 28.5 Å². The van der Waals surface area contributed by atoms with Crippen molar-refractivity contribution in [1.82, 2.24) is 5.43 Å². The molecule has 25 heavy (non-hydrogen) atoms. The number of nitro benzene ring substituents is 1. The third-order valence-corrected chi connectivity index (χ3v) is 3.13. The molecule has 0 atom stereocenters. The van der Waals surface area contributed by atoms with Gasteiger partial charge in [0.05, 0.1) is 16.6 Å². The summed E-state index contributed by atoms with van der Waals surface area (Å²) in [6.07, 6.45) is 4.06. The number of carbonyl (C=O) groups excluding carboxylic acids is 1. The maximum absolute atomic E-state index is 12.0. The summed E-state index contributed by atoms with van der Waals surface area (Å²) in [6.45, 7) is 1.47. The molecule has 0 fully saturated rings. The molecule has 1 aromatic carbocycles. The smallest absolute Gasteiger partial charge is 0.401 e. The normalized spacial score (nSPS) is 11.1. The minimum Gasteiger partial charge on any atom is -0.401 e. The Bertz CT molecular complexity index is 884. The molecule has 128 valence electrons. The molecule has 10 nitrogen and oxygen atoms in total. The number of hydrazone groups is 1. The molecule has 0 aliphatic rings. The number of amides is 1. The molecule has 0 aliphatic heterocycles. The lowest BCUT2D eigenvalue weighted by molar-refractivity contribution is -0.402. The van der Waals surface area contributed by atoms with Crippen molar-refractivity contribution in [2.75, 3.05) is 0 Å². The second kappa shape index (κ2) is 7.64. The molecule has 2 aromatic rings. The molecule has 0 radical (unpaired) electrons. The summed E-state index contributed by atoms with van der Waals surface area (Å²) in [6, 6.07) is 6.79. The number of nitro groups is 2. The first kappa shape index (κ1) is 17.5. The largest absolute Gasteiger partial charge is 0.433 e. The number of carbonyl (C=O) groups is 1. The molecule has 0 saturated carbocycles. The lowest BCUT2D eigenvalue weighted by Gasteiger charge is -2.04. The molecule has 0 saturated heterocycles. The average Bonchev–Trinajstić information content (AvgIpc) is 3.03. The van der Waals surface area contributed by atoms with Gasteiger partial charge in [0.25, 0.3) is 11.6 Å². The van der Waals surface area contributed by atoms with Gasteiger partial charge < -0.3 is 4.42 Å². The van der Waals surface area contributed by atoms with Crippen molar-refractivity contribution in [3.8, 4) is 0 Å². The number of nitrogens with zero attached hydrogens (tertiary/aromatic N) is 3. The fourth-order valence-electron chi connectivity index (χ4n) is 1.93. The molecule has 0 unspecified atom stereocenters. The fraction of sp³-hybridized carbons (Fsp3) is 0.0667. The maximum Gasteiger partial charge on any atom is 0.433 e. The van der Waals surface area contributed by atoms with E-state index in [0.717, 1.165) is 0 Å². The number of allylic oxidation sites excluding steroid dienone is 1. The van der Waals surface area contributed by atoms with Crippen LogP contribution in [0.3, 0.4) is 0 Å². The molecule has 1 amide bonds. The van der Waals surface area contributed by atoms with Gasteiger partial charge in [-0.05, 0) is 31.2 Å². The van der Waals surface area contributed by atoms with Gasteiger partial charge in [-0.15, -0.1) is 0 Å². The number of furan rings is 1. The highest BCUT2D eigenvalue weighted by atomic mass is 16.6. The topological polar surface area (TPSA) is 141 Å². The fourth-order valence-corrected chi connectivity index (χ4v) is 1.93. The van der Waals surface area contributed by atoms with Crippen molar-refractivity contribution in [2.45, 2.75) is 6.92 Å². The Morgan fingerprint density at radius 3 is 2.60 bits per heavy atom. The molecule has 1 aromatic heterocycles. The van der Waals surface area contributed by atoms with Crippen LogP contribution in [0.5, 0.6) is 0 Å². The van der Waals surface area contributed by atoms with Gasteiger partial charge in [-0.3, -0.25) is 25.0 Å². The number of hydrogen-bond donors (Lipinski definition) is 1. The summed E-state index contributed by atoms with van der Waals surface area (Å²) >= 11 is 0. The zero-order valence-corrected chi connectivity index (χ0v) is 12.9. The van der Waals surface area contributed by atoms with Crippen molar-refractivity contribution in [3.05, 3.63) is 73.5 Å². The Balaban J connectivity index is 1.98. The molecule has 10 heteroatoms. The SMILES string of the molecule is Cc1c(C(=O)N/N=C\C=C\c2ccc([N+](=O)[O-])o2)cccc1[N+](=O)[O-]. The van der Waals surface area contributed by atoms with Gasteiger partial charge in [0, 0.05) is 17.8 Å². The molecule has 0 spiro atoms. The van der Waals surface area contributed by atoms with Gasteiger partial charge in [-0.2, -0.15) is 5.10 Å². The number of benzene rings is 1. The standard InChI is InChI=1S/C15H12N4O6/c1-10-12(5-2-6-13(10)18(21)22)15(20)17-16-9-3-4-11-7-8-14(25-11)19(23)24/h2-9H,1H3,(H,17,20)/b4-3+,16-9-. The van der Waals surface area contributed by atoms with E-state index in [1.165, 1.54) is 55.6 Å². The van der Waals surface area contributed by atoms with Crippen LogP contribution in [0.15, 0.2) is 45.9 Å². The van der Waals surface area contributed by atoms with Gasteiger partial charge in [0.1, 0.15) is 10.7 Å². The van der Waals surface area contributed by atoms with Crippen molar-refractivity contribution >= 4 is 29.8 Å². The molecule has 0 aliphatic carbocycles. The Morgan fingerprint density at radius 2 is 1.96 bits per heavy atom. The Hall–Kier alpha value is -3.82. The molecule has 1 N–H and O–H groups in total. The first-order chi connectivity index (χ1) is 11.9. The average molecular weight is 344 g/mol. The van der Waals surface area contributed by atoms with Crippen LogP contribution in [0, 0.1) is 27.2 Å². The van der Waals surface area contributed by atoms with Crippen molar-refractivity contribution in [3.63, 3.8) is 0 Å². The molecular formula is C15H12N4O6. The maximum atomic E-state index is 12.0. The van der Waals surface area contributed by atoms with Crippen molar-refractivity contribution in [2.24, 2.45) is 5.10 Å². The van der Waals surface area contributed by atoms with Gasteiger partial charge in [0.15, 0.2) is 0 Å². The van der Waals surface area contributed by atoms with E-state index >= 15 is 0 Å². The van der Waals surface area contributed by atoms with E-state index in [4.69, 9.17) is 4.42 Å². The van der Waals surface area contributed by atoms with Gasteiger partial charge in [0.2, 0.25) is 0 Å². The number of hydrogen-bond acceptors (Lipinski definition) is 7. The van der Waals surface area contributed by atoms with Crippen molar-refractivity contribution < 1.29 is 19.1 Å². The second-order valence-corrected chi connectivity index (χ2v) is 4.72. The highest BCUT2D eigenvalue weighted by molar-refractivity contribution is 5.97. The van der Waals surface area contributed by atoms with Crippen molar-refractivity contribution in [1.29, 1.82) is 0 Å². The van der Waals surface area contributed by atoms with Crippen LogP contribution in [-0.2, 0) is 0 Å². The van der Waals surface area contributed by atoms with Crippen LogP contribution in [-0.4, -0.2) is 22.0 Å². The summed E-state index contributed by atoms with van der Waals surface area (Å²) in [7, 11) is 0. The third-order valence-electron chi connectivity index (χ3n) is 3.13. The van der Waals surface area contributed by atoms with Gasteiger partial charge in [-0.25, -0.2) is 5.43 Å². The summed E-state index contributed by atoms with van der Waals surface area (Å²) in [5, 5.41) is 25.0. The monoisotopic (exact) mass is 344 g/mol. The first-order valence-electron chi connectivity index (χ1n) is 6.88. The van der Waals surface area contributed by atoms with Gasteiger partial charge in [-0.1, -0.05) is 6.07 Å². The van der Waals surface area contributed by atoms with E-state index in [1.807, 2.05) is 0 Å². The first-order valence-corrected chi connectivity index (χ1v) is 6.88. The van der Waals surface area contributed by atoms with Crippen LogP contribution >= 0.6 is 0 Å². The Kier molecular flexibility index (Phi) is 5.36. The molecule has 1 heterocycles. The lowest BCUT2D eigenvalue weighted by Crippen LogP contribution is -2.18. The van der Waals surface area contributed by atoms with E-state index in [2.05, 4.69) is 10.5 Å². The quantitative estimate of drug-likeness (QED) is 0.485. The third kappa shape index (κ3) is 4.34. The Morgan fingerprint density at radius 1 is 1.20 bits per heavy atom. The highest BCUT2D eigenvalue weighted by Gasteiger charge is 2.17. The van der Waals surface area contributed by atoms with Crippen LogP contribution in [0.4, 0.5) is 11.6 Å². The number of rotatable bonds is 6. The highest BCUT2D eigenvalue weighted by Crippen LogP contribution is 2.20. The van der Waals surface area contributed by atoms with Gasteiger partial charge >= 0.3 is 5.88 Å².